The highest BCUT2D eigenvalue weighted by atomic mass is 16.7. The van der Waals surface area contributed by atoms with Gasteiger partial charge in [0.15, 0.2) is 6.29 Å². The molecular weight excluding hydrogens is 318 g/mol. The fourth-order valence-electron chi connectivity index (χ4n) is 3.77. The predicted molar refractivity (Wildman–Crippen MR) is 81.6 cm³/mol. The van der Waals surface area contributed by atoms with E-state index in [0.29, 0.717) is 11.8 Å². The van der Waals surface area contributed by atoms with Crippen LogP contribution in [0.4, 0.5) is 0 Å². The number of rotatable bonds is 6. The summed E-state index contributed by atoms with van der Waals surface area (Å²) in [5, 5.41) is 41.1. The monoisotopic (exact) mass is 343 g/mol. The Morgan fingerprint density at radius 3 is 2.58 bits per heavy atom. The molecule has 0 unspecified atom stereocenters. The van der Waals surface area contributed by atoms with Crippen LogP contribution in [0.1, 0.15) is 12.8 Å². The zero-order valence-corrected chi connectivity index (χ0v) is 13.3. The first-order valence-electron chi connectivity index (χ1n) is 8.39. The first-order chi connectivity index (χ1) is 11.5. The molecule has 136 valence electrons. The summed E-state index contributed by atoms with van der Waals surface area (Å²) in [4.78, 5) is 12.2. The highest BCUT2D eigenvalue weighted by Crippen LogP contribution is 2.43. The van der Waals surface area contributed by atoms with Crippen molar-refractivity contribution in [1.29, 1.82) is 0 Å². The maximum atomic E-state index is 12.2. The van der Waals surface area contributed by atoms with Gasteiger partial charge in [0, 0.05) is 12.5 Å². The summed E-state index contributed by atoms with van der Waals surface area (Å²) in [5.74, 6) is 0.883. The normalized spacial score (nSPS) is 44.0. The Morgan fingerprint density at radius 2 is 1.96 bits per heavy atom. The second-order valence-corrected chi connectivity index (χ2v) is 6.75. The van der Waals surface area contributed by atoms with E-state index in [1.807, 2.05) is 0 Å². The number of allylic oxidation sites excluding steroid dienone is 2. The summed E-state index contributed by atoms with van der Waals surface area (Å²) in [6, 6.07) is 0. The van der Waals surface area contributed by atoms with Gasteiger partial charge in [0.25, 0.3) is 0 Å². The first kappa shape index (κ1) is 17.8. The van der Waals surface area contributed by atoms with Crippen LogP contribution in [0.15, 0.2) is 12.2 Å². The number of carbonyl (C=O) groups excluding carboxylic acids is 1. The highest BCUT2D eigenvalue weighted by Gasteiger charge is 2.44. The second-order valence-electron chi connectivity index (χ2n) is 6.75. The molecular formula is C16H25NO7. The number of nitrogens with one attached hydrogen (secondary N) is 1. The standard InChI is InChI=1S/C16H25NO7/c18-7-11-12(19)13(20)14(21)16(24-11)23-4-3-17-15(22)10-6-8-1-2-9(10)5-8/h1-2,8-14,16,18-21H,3-7H2,(H,17,22)/t8-,9+,10+,11-,12-,13+,14+,16+/m1/s1. The highest BCUT2D eigenvalue weighted by molar-refractivity contribution is 5.79. The number of fused-ring (bicyclic) bond motifs is 2. The topological polar surface area (TPSA) is 128 Å². The Balaban J connectivity index is 1.40. The quantitative estimate of drug-likeness (QED) is 0.282. The Hall–Kier alpha value is -1.03. The molecule has 1 saturated carbocycles. The smallest absolute Gasteiger partial charge is 0.223 e. The maximum Gasteiger partial charge on any atom is 0.223 e. The third kappa shape index (κ3) is 3.49. The number of carbonyl (C=O) groups is 1. The van der Waals surface area contributed by atoms with E-state index >= 15 is 0 Å². The van der Waals surface area contributed by atoms with Crippen molar-refractivity contribution in [2.75, 3.05) is 19.8 Å². The van der Waals surface area contributed by atoms with Crippen molar-refractivity contribution in [3.8, 4) is 0 Å². The van der Waals surface area contributed by atoms with Gasteiger partial charge in [0.05, 0.1) is 13.2 Å². The van der Waals surface area contributed by atoms with Crippen LogP contribution < -0.4 is 5.32 Å². The van der Waals surface area contributed by atoms with Gasteiger partial charge in [-0.2, -0.15) is 0 Å². The predicted octanol–water partition coefficient (Wildman–Crippen LogP) is -1.87. The number of ether oxygens (including phenoxy) is 2. The van der Waals surface area contributed by atoms with Crippen LogP contribution in [0.2, 0.25) is 0 Å². The van der Waals surface area contributed by atoms with E-state index in [1.165, 1.54) is 0 Å². The molecule has 3 aliphatic rings. The first-order valence-corrected chi connectivity index (χ1v) is 8.39. The molecule has 0 aromatic rings. The largest absolute Gasteiger partial charge is 0.394 e. The minimum Gasteiger partial charge on any atom is -0.394 e. The minimum absolute atomic E-state index is 0.00394. The third-order valence-electron chi connectivity index (χ3n) is 5.15. The molecule has 2 fully saturated rings. The van der Waals surface area contributed by atoms with Crippen molar-refractivity contribution >= 4 is 5.91 Å². The number of amides is 1. The molecule has 0 aromatic carbocycles. The molecule has 8 atom stereocenters. The van der Waals surface area contributed by atoms with Crippen molar-refractivity contribution < 1.29 is 34.7 Å². The molecule has 1 saturated heterocycles. The van der Waals surface area contributed by atoms with Gasteiger partial charge < -0.3 is 35.2 Å². The van der Waals surface area contributed by atoms with E-state index < -0.39 is 37.3 Å². The molecule has 8 heteroatoms. The van der Waals surface area contributed by atoms with E-state index in [2.05, 4.69) is 17.5 Å². The van der Waals surface area contributed by atoms with Gasteiger partial charge in [0.1, 0.15) is 24.4 Å². The fraction of sp³-hybridized carbons (Fsp3) is 0.812. The van der Waals surface area contributed by atoms with Crippen molar-refractivity contribution in [3.63, 3.8) is 0 Å². The van der Waals surface area contributed by atoms with Crippen LogP contribution >= 0.6 is 0 Å². The summed E-state index contributed by atoms with van der Waals surface area (Å²) in [6.45, 7) is -0.157. The minimum atomic E-state index is -1.46. The van der Waals surface area contributed by atoms with Crippen LogP contribution in [0, 0.1) is 17.8 Å². The van der Waals surface area contributed by atoms with Crippen LogP contribution in [0.25, 0.3) is 0 Å². The Labute approximate surface area is 140 Å². The lowest BCUT2D eigenvalue weighted by Crippen LogP contribution is -2.59. The van der Waals surface area contributed by atoms with Gasteiger partial charge in [-0.25, -0.2) is 0 Å². The molecule has 1 aliphatic heterocycles. The molecule has 1 amide bonds. The summed E-state index contributed by atoms with van der Waals surface area (Å²) in [5.41, 5.74) is 0. The Bertz CT molecular complexity index is 483. The van der Waals surface area contributed by atoms with Crippen molar-refractivity contribution in [2.24, 2.45) is 17.8 Å². The molecule has 5 N–H and O–H groups in total. The maximum absolute atomic E-state index is 12.2. The van der Waals surface area contributed by atoms with E-state index in [4.69, 9.17) is 14.6 Å². The molecule has 2 bridgehead atoms. The lowest BCUT2D eigenvalue weighted by atomic mass is 9.93. The SMILES string of the molecule is O=C(NCCO[C@H]1O[C@H](CO)[C@@H](O)[C@H](O)[C@@H]1O)[C@H]1C[C@@H]2C=C[C@H]1C2. The number of hydrogen-bond donors (Lipinski definition) is 5. The zero-order chi connectivity index (χ0) is 17.3. The van der Waals surface area contributed by atoms with Crippen LogP contribution in [-0.2, 0) is 14.3 Å². The lowest BCUT2D eigenvalue weighted by Gasteiger charge is -2.39. The molecule has 8 nitrogen and oxygen atoms in total. The van der Waals surface area contributed by atoms with E-state index in [9.17, 15) is 20.1 Å². The van der Waals surface area contributed by atoms with E-state index in [0.717, 1.165) is 12.8 Å². The van der Waals surface area contributed by atoms with Crippen LogP contribution in [0.3, 0.4) is 0 Å². The molecule has 0 radical (unpaired) electrons. The van der Waals surface area contributed by atoms with Gasteiger partial charge >= 0.3 is 0 Å². The average molecular weight is 343 g/mol. The second kappa shape index (κ2) is 7.47. The molecule has 2 aliphatic carbocycles. The number of aliphatic hydroxyl groups is 4. The van der Waals surface area contributed by atoms with Crippen LogP contribution in [0.5, 0.6) is 0 Å². The summed E-state index contributed by atoms with van der Waals surface area (Å²) in [6.07, 6.45) is -0.216. The summed E-state index contributed by atoms with van der Waals surface area (Å²) >= 11 is 0. The number of hydrogen-bond acceptors (Lipinski definition) is 7. The van der Waals surface area contributed by atoms with Gasteiger partial charge in [-0.1, -0.05) is 12.2 Å². The average Bonchev–Trinajstić information content (AvgIpc) is 3.21. The van der Waals surface area contributed by atoms with Gasteiger partial charge in [0.2, 0.25) is 5.91 Å². The zero-order valence-electron chi connectivity index (χ0n) is 13.3. The Morgan fingerprint density at radius 1 is 1.17 bits per heavy atom. The van der Waals surface area contributed by atoms with Crippen molar-refractivity contribution in [3.05, 3.63) is 12.2 Å². The molecule has 0 aromatic heterocycles. The summed E-state index contributed by atoms with van der Waals surface area (Å²) in [7, 11) is 0. The van der Waals surface area contributed by atoms with Gasteiger partial charge in [-0.05, 0) is 24.7 Å². The van der Waals surface area contributed by atoms with Gasteiger partial charge in [-0.3, -0.25) is 4.79 Å². The van der Waals surface area contributed by atoms with E-state index in [-0.39, 0.29) is 25.0 Å². The van der Waals surface area contributed by atoms with Gasteiger partial charge in [-0.15, -0.1) is 0 Å². The molecule has 24 heavy (non-hydrogen) atoms. The molecule has 1 heterocycles. The molecule has 0 spiro atoms. The lowest BCUT2D eigenvalue weighted by molar-refractivity contribution is -0.300. The van der Waals surface area contributed by atoms with Crippen molar-refractivity contribution in [1.82, 2.24) is 5.32 Å². The molecule has 3 rings (SSSR count). The number of aliphatic hydroxyl groups excluding tert-OH is 4. The van der Waals surface area contributed by atoms with Crippen LogP contribution in [-0.4, -0.2) is 76.8 Å². The Kier molecular flexibility index (Phi) is 5.53. The van der Waals surface area contributed by atoms with E-state index in [1.54, 1.807) is 0 Å². The summed E-state index contributed by atoms with van der Waals surface area (Å²) < 4.78 is 10.6. The van der Waals surface area contributed by atoms with Crippen molar-refractivity contribution in [2.45, 2.75) is 43.5 Å². The third-order valence-corrected chi connectivity index (χ3v) is 5.15. The fourth-order valence-corrected chi connectivity index (χ4v) is 3.77.